The van der Waals surface area contributed by atoms with E-state index >= 15 is 0 Å². The van der Waals surface area contributed by atoms with Crippen molar-refractivity contribution in [1.29, 1.82) is 0 Å². The molecule has 28 heavy (non-hydrogen) atoms. The Hall–Kier alpha value is -1.43. The van der Waals surface area contributed by atoms with Crippen molar-refractivity contribution >= 4 is 21.8 Å². The number of halogens is 1. The molecular formula is C22H34BrNO4. The molecule has 1 amide bonds. The summed E-state index contributed by atoms with van der Waals surface area (Å²) >= 11 is 3.51. The van der Waals surface area contributed by atoms with Crippen molar-refractivity contribution in [3.8, 4) is 17.2 Å². The van der Waals surface area contributed by atoms with Gasteiger partial charge in [-0.05, 0) is 34.8 Å². The van der Waals surface area contributed by atoms with E-state index in [9.17, 15) is 4.79 Å². The molecule has 0 heterocycles. The standard InChI is InChI=1S/C22H34BrNO4/c1-26-18-15-17(19(23)21(28-3)20(18)27-2)22(25)24-16-13-11-9-7-5-4-6-8-10-12-14-16/h15-16H,4-14H2,1-3H3,(H,24,25). The summed E-state index contributed by atoms with van der Waals surface area (Å²) in [5.41, 5.74) is 0.501. The summed E-state index contributed by atoms with van der Waals surface area (Å²) in [6.07, 6.45) is 13.6. The molecule has 0 unspecified atom stereocenters. The quantitative estimate of drug-likeness (QED) is 0.602. The van der Waals surface area contributed by atoms with Crippen molar-refractivity contribution < 1.29 is 19.0 Å². The minimum absolute atomic E-state index is 0.108. The fourth-order valence-corrected chi connectivity index (χ4v) is 4.49. The predicted molar refractivity (Wildman–Crippen MR) is 116 cm³/mol. The molecule has 158 valence electrons. The molecular weight excluding hydrogens is 422 g/mol. The van der Waals surface area contributed by atoms with Gasteiger partial charge in [0.25, 0.3) is 5.91 Å². The largest absolute Gasteiger partial charge is 0.493 e. The van der Waals surface area contributed by atoms with Gasteiger partial charge in [-0.1, -0.05) is 57.8 Å². The molecule has 1 aliphatic carbocycles. The maximum atomic E-state index is 13.1. The number of amides is 1. The van der Waals surface area contributed by atoms with E-state index in [2.05, 4.69) is 21.2 Å². The Morgan fingerprint density at radius 3 is 1.82 bits per heavy atom. The lowest BCUT2D eigenvalue weighted by molar-refractivity contribution is 0.0929. The Kier molecular flexibility index (Phi) is 9.96. The van der Waals surface area contributed by atoms with Crippen LogP contribution in [0.15, 0.2) is 10.5 Å². The van der Waals surface area contributed by atoms with Crippen LogP contribution >= 0.6 is 15.9 Å². The average Bonchev–Trinajstić information content (AvgIpc) is 2.69. The fourth-order valence-electron chi connectivity index (χ4n) is 3.86. The molecule has 5 nitrogen and oxygen atoms in total. The first-order valence-electron chi connectivity index (χ1n) is 10.4. The Labute approximate surface area is 177 Å². The normalized spacial score (nSPS) is 17.1. The third-order valence-corrected chi connectivity index (χ3v) is 6.24. The zero-order valence-corrected chi connectivity index (χ0v) is 19.0. The van der Waals surface area contributed by atoms with Crippen LogP contribution in [0.1, 0.15) is 81.0 Å². The van der Waals surface area contributed by atoms with Gasteiger partial charge in [-0.3, -0.25) is 4.79 Å². The van der Waals surface area contributed by atoms with E-state index in [1.165, 1.54) is 57.8 Å². The van der Waals surface area contributed by atoms with E-state index in [-0.39, 0.29) is 11.9 Å². The second kappa shape index (κ2) is 12.2. The van der Waals surface area contributed by atoms with E-state index in [1.54, 1.807) is 27.4 Å². The van der Waals surface area contributed by atoms with E-state index in [4.69, 9.17) is 14.2 Å². The van der Waals surface area contributed by atoms with Crippen molar-refractivity contribution in [2.75, 3.05) is 21.3 Å². The molecule has 6 heteroatoms. The molecule has 0 aromatic heterocycles. The van der Waals surface area contributed by atoms with Gasteiger partial charge in [0.1, 0.15) is 0 Å². The predicted octanol–water partition coefficient (Wildman–Crippen LogP) is 5.88. The van der Waals surface area contributed by atoms with E-state index in [0.29, 0.717) is 27.3 Å². The summed E-state index contributed by atoms with van der Waals surface area (Å²) in [5.74, 6) is 1.31. The van der Waals surface area contributed by atoms with Gasteiger partial charge in [-0.15, -0.1) is 0 Å². The number of ether oxygens (including phenoxy) is 3. The third kappa shape index (κ3) is 6.29. The molecule has 0 saturated heterocycles. The van der Waals surface area contributed by atoms with Crippen LogP contribution in [0.5, 0.6) is 17.2 Å². The fraction of sp³-hybridized carbons (Fsp3) is 0.682. The highest BCUT2D eigenvalue weighted by molar-refractivity contribution is 9.10. The first-order chi connectivity index (χ1) is 13.6. The third-order valence-electron chi connectivity index (χ3n) is 5.45. The first kappa shape index (κ1) is 22.9. The SMILES string of the molecule is COc1cc(C(=O)NC2CCCCCCCCCCC2)c(Br)c(OC)c1OC. The number of hydrogen-bond acceptors (Lipinski definition) is 4. The van der Waals surface area contributed by atoms with Gasteiger partial charge in [-0.25, -0.2) is 0 Å². The zero-order valence-electron chi connectivity index (χ0n) is 17.4. The maximum absolute atomic E-state index is 13.1. The molecule has 1 N–H and O–H groups in total. The van der Waals surface area contributed by atoms with Crippen LogP contribution in [-0.4, -0.2) is 33.3 Å². The number of methoxy groups -OCH3 is 3. The maximum Gasteiger partial charge on any atom is 0.252 e. The lowest BCUT2D eigenvalue weighted by Crippen LogP contribution is -2.35. The van der Waals surface area contributed by atoms with Gasteiger partial charge in [-0.2, -0.15) is 0 Å². The number of nitrogens with one attached hydrogen (secondary N) is 1. The summed E-state index contributed by atoms with van der Waals surface area (Å²) in [6.45, 7) is 0. The average molecular weight is 456 g/mol. The van der Waals surface area contributed by atoms with Crippen molar-refractivity contribution in [2.45, 2.75) is 76.7 Å². The topological polar surface area (TPSA) is 56.8 Å². The van der Waals surface area contributed by atoms with Crippen LogP contribution in [-0.2, 0) is 0 Å². The summed E-state index contributed by atoms with van der Waals surface area (Å²) in [5, 5.41) is 3.25. The number of hydrogen-bond donors (Lipinski definition) is 1. The van der Waals surface area contributed by atoms with Gasteiger partial charge in [0.05, 0.1) is 31.4 Å². The first-order valence-corrected chi connectivity index (χ1v) is 11.2. The monoisotopic (exact) mass is 455 g/mol. The molecule has 0 bridgehead atoms. The molecule has 2 rings (SSSR count). The molecule has 0 aliphatic heterocycles. The second-order valence-electron chi connectivity index (χ2n) is 7.44. The zero-order chi connectivity index (χ0) is 20.4. The number of carbonyl (C=O) groups excluding carboxylic acids is 1. The van der Waals surface area contributed by atoms with E-state index < -0.39 is 0 Å². The highest BCUT2D eigenvalue weighted by Gasteiger charge is 2.24. The summed E-state index contributed by atoms with van der Waals surface area (Å²) in [7, 11) is 4.66. The summed E-state index contributed by atoms with van der Waals surface area (Å²) < 4.78 is 16.8. The van der Waals surface area contributed by atoms with Crippen LogP contribution in [0.2, 0.25) is 0 Å². The highest BCUT2D eigenvalue weighted by atomic mass is 79.9. The van der Waals surface area contributed by atoms with Crippen molar-refractivity contribution in [3.63, 3.8) is 0 Å². The van der Waals surface area contributed by atoms with Crippen molar-refractivity contribution in [3.05, 3.63) is 16.1 Å². The minimum Gasteiger partial charge on any atom is -0.493 e. The molecule has 1 saturated carbocycles. The number of rotatable bonds is 5. The molecule has 1 fully saturated rings. The Balaban J connectivity index is 2.14. The van der Waals surface area contributed by atoms with Gasteiger partial charge in [0, 0.05) is 6.04 Å². The van der Waals surface area contributed by atoms with Crippen LogP contribution < -0.4 is 19.5 Å². The Morgan fingerprint density at radius 2 is 1.36 bits per heavy atom. The highest BCUT2D eigenvalue weighted by Crippen LogP contribution is 2.44. The van der Waals surface area contributed by atoms with Gasteiger partial charge in [0.15, 0.2) is 11.5 Å². The van der Waals surface area contributed by atoms with E-state index in [1.807, 2.05) is 0 Å². The summed E-state index contributed by atoms with van der Waals surface area (Å²) in [4.78, 5) is 13.1. The van der Waals surface area contributed by atoms with Crippen molar-refractivity contribution in [2.24, 2.45) is 0 Å². The number of benzene rings is 1. The lowest BCUT2D eigenvalue weighted by Gasteiger charge is -2.21. The van der Waals surface area contributed by atoms with Crippen LogP contribution in [0.4, 0.5) is 0 Å². The van der Waals surface area contributed by atoms with Crippen molar-refractivity contribution in [1.82, 2.24) is 5.32 Å². The molecule has 1 aromatic carbocycles. The number of carbonyl (C=O) groups is 1. The van der Waals surface area contributed by atoms with Gasteiger partial charge in [0.2, 0.25) is 5.75 Å². The van der Waals surface area contributed by atoms with E-state index in [0.717, 1.165) is 12.8 Å². The Morgan fingerprint density at radius 1 is 0.857 bits per heavy atom. The second-order valence-corrected chi connectivity index (χ2v) is 8.23. The smallest absolute Gasteiger partial charge is 0.252 e. The molecule has 0 atom stereocenters. The Bertz CT molecular complexity index is 623. The van der Waals surface area contributed by atoms with Crippen LogP contribution in [0.3, 0.4) is 0 Å². The van der Waals surface area contributed by atoms with Crippen LogP contribution in [0.25, 0.3) is 0 Å². The molecule has 0 spiro atoms. The lowest BCUT2D eigenvalue weighted by atomic mass is 9.97. The minimum atomic E-state index is -0.108. The van der Waals surface area contributed by atoms with Crippen LogP contribution in [0, 0.1) is 0 Å². The molecule has 0 radical (unpaired) electrons. The summed E-state index contributed by atoms with van der Waals surface area (Å²) in [6, 6.07) is 1.91. The molecule has 1 aliphatic rings. The van der Waals surface area contributed by atoms with Gasteiger partial charge < -0.3 is 19.5 Å². The van der Waals surface area contributed by atoms with Gasteiger partial charge >= 0.3 is 0 Å². The molecule has 1 aromatic rings.